The number of benzene rings is 1. The number of aliphatic carboxylic acids is 1. The number of likely N-dealkylation sites (N-methyl/N-ethyl adjacent to an activating group) is 1. The van der Waals surface area contributed by atoms with Gasteiger partial charge in [-0.05, 0) is 24.7 Å². The van der Waals surface area contributed by atoms with Gasteiger partial charge in [0.15, 0.2) is 0 Å². The van der Waals surface area contributed by atoms with Gasteiger partial charge in [-0.1, -0.05) is 12.1 Å². The maximum absolute atomic E-state index is 10.5. The summed E-state index contributed by atoms with van der Waals surface area (Å²) in [7, 11) is 5.73. The maximum Gasteiger partial charge on any atom is 0.304 e. The van der Waals surface area contributed by atoms with Crippen molar-refractivity contribution in [3.63, 3.8) is 0 Å². The zero-order valence-corrected chi connectivity index (χ0v) is 11.7. The standard InChI is InChI=1S/C14H22N2O3/c1-15(2)12-6-4-11(5-7-12)13(17)10-16(3)9-8-14(18)19/h4-7,13,17H,8-10H2,1-3H3,(H,18,19). The molecule has 106 valence electrons. The lowest BCUT2D eigenvalue weighted by Crippen LogP contribution is -2.27. The number of carboxylic acid groups (broad SMARTS) is 1. The van der Waals surface area contributed by atoms with Crippen LogP contribution in [0, 0.1) is 0 Å². The molecule has 0 aliphatic heterocycles. The van der Waals surface area contributed by atoms with Crippen LogP contribution in [0.25, 0.3) is 0 Å². The SMILES string of the molecule is CN(CCC(=O)O)CC(O)c1ccc(N(C)C)cc1. The van der Waals surface area contributed by atoms with Crippen molar-refractivity contribution < 1.29 is 15.0 Å². The molecular formula is C14H22N2O3. The molecule has 0 bridgehead atoms. The van der Waals surface area contributed by atoms with E-state index in [1.807, 2.05) is 48.2 Å². The fraction of sp³-hybridized carbons (Fsp3) is 0.500. The van der Waals surface area contributed by atoms with Crippen molar-refractivity contribution in [2.45, 2.75) is 12.5 Å². The van der Waals surface area contributed by atoms with Crippen molar-refractivity contribution in [2.75, 3.05) is 39.1 Å². The predicted molar refractivity (Wildman–Crippen MR) is 75.5 cm³/mol. The second-order valence-corrected chi connectivity index (χ2v) is 4.91. The Balaban J connectivity index is 2.52. The van der Waals surface area contributed by atoms with Crippen LogP contribution in [0.15, 0.2) is 24.3 Å². The van der Waals surface area contributed by atoms with Crippen molar-refractivity contribution in [3.05, 3.63) is 29.8 Å². The van der Waals surface area contributed by atoms with E-state index in [-0.39, 0.29) is 6.42 Å². The molecule has 0 radical (unpaired) electrons. The monoisotopic (exact) mass is 266 g/mol. The number of carbonyl (C=O) groups is 1. The zero-order valence-electron chi connectivity index (χ0n) is 11.7. The van der Waals surface area contributed by atoms with Crippen LogP contribution in [0.2, 0.25) is 0 Å². The molecule has 1 atom stereocenters. The summed E-state index contributed by atoms with van der Waals surface area (Å²) in [6.45, 7) is 0.858. The lowest BCUT2D eigenvalue weighted by atomic mass is 10.1. The number of carboxylic acids is 1. The third-order valence-corrected chi connectivity index (χ3v) is 2.99. The van der Waals surface area contributed by atoms with Crippen LogP contribution >= 0.6 is 0 Å². The van der Waals surface area contributed by atoms with Gasteiger partial charge in [0.1, 0.15) is 0 Å². The topological polar surface area (TPSA) is 64.0 Å². The smallest absolute Gasteiger partial charge is 0.304 e. The van der Waals surface area contributed by atoms with Gasteiger partial charge in [0.2, 0.25) is 0 Å². The Labute approximate surface area is 114 Å². The molecule has 5 nitrogen and oxygen atoms in total. The average molecular weight is 266 g/mol. The molecule has 0 saturated heterocycles. The highest BCUT2D eigenvalue weighted by Gasteiger charge is 2.11. The highest BCUT2D eigenvalue weighted by atomic mass is 16.4. The first kappa shape index (κ1) is 15.5. The molecule has 0 saturated carbocycles. The molecule has 0 fully saturated rings. The molecule has 0 amide bonds. The van der Waals surface area contributed by atoms with E-state index in [1.54, 1.807) is 7.05 Å². The van der Waals surface area contributed by atoms with E-state index in [0.29, 0.717) is 13.1 Å². The average Bonchev–Trinajstić information content (AvgIpc) is 2.36. The molecule has 0 aliphatic rings. The Hall–Kier alpha value is -1.59. The summed E-state index contributed by atoms with van der Waals surface area (Å²) >= 11 is 0. The van der Waals surface area contributed by atoms with E-state index in [1.165, 1.54) is 0 Å². The van der Waals surface area contributed by atoms with Crippen molar-refractivity contribution in [1.82, 2.24) is 4.90 Å². The highest BCUT2D eigenvalue weighted by molar-refractivity contribution is 5.66. The van der Waals surface area contributed by atoms with Crippen LogP contribution in [0.5, 0.6) is 0 Å². The second kappa shape index (κ2) is 7.11. The molecular weight excluding hydrogens is 244 g/mol. The van der Waals surface area contributed by atoms with Crippen LogP contribution in [-0.2, 0) is 4.79 Å². The van der Waals surface area contributed by atoms with E-state index >= 15 is 0 Å². The van der Waals surface area contributed by atoms with E-state index in [0.717, 1.165) is 11.3 Å². The second-order valence-electron chi connectivity index (χ2n) is 4.91. The molecule has 0 aromatic heterocycles. The van der Waals surface area contributed by atoms with Gasteiger partial charge in [0, 0.05) is 32.9 Å². The molecule has 0 aliphatic carbocycles. The number of rotatable bonds is 7. The number of aliphatic hydroxyl groups excluding tert-OH is 1. The third-order valence-electron chi connectivity index (χ3n) is 2.99. The Kier molecular flexibility index (Phi) is 5.79. The molecule has 5 heteroatoms. The van der Waals surface area contributed by atoms with Crippen molar-refractivity contribution in [3.8, 4) is 0 Å². The van der Waals surface area contributed by atoms with Gasteiger partial charge in [0.05, 0.1) is 12.5 Å². The van der Waals surface area contributed by atoms with Crippen LogP contribution < -0.4 is 4.90 Å². The van der Waals surface area contributed by atoms with Crippen LogP contribution in [0.4, 0.5) is 5.69 Å². The summed E-state index contributed by atoms with van der Waals surface area (Å²) in [6.07, 6.45) is -0.516. The first-order valence-electron chi connectivity index (χ1n) is 6.26. The van der Waals surface area contributed by atoms with E-state index in [2.05, 4.69) is 0 Å². The first-order valence-corrected chi connectivity index (χ1v) is 6.26. The summed E-state index contributed by atoms with van der Waals surface area (Å²) in [5.74, 6) is -0.823. The molecule has 0 heterocycles. The number of nitrogens with zero attached hydrogens (tertiary/aromatic N) is 2. The summed E-state index contributed by atoms with van der Waals surface area (Å²) in [6, 6.07) is 7.70. The zero-order chi connectivity index (χ0) is 14.4. The molecule has 19 heavy (non-hydrogen) atoms. The number of anilines is 1. The molecule has 1 aromatic carbocycles. The Bertz CT molecular complexity index is 404. The van der Waals surface area contributed by atoms with Gasteiger partial charge >= 0.3 is 5.97 Å². The minimum Gasteiger partial charge on any atom is -0.481 e. The Morgan fingerprint density at radius 3 is 2.26 bits per heavy atom. The largest absolute Gasteiger partial charge is 0.481 e. The normalized spacial score (nSPS) is 12.5. The number of hydrogen-bond donors (Lipinski definition) is 2. The summed E-state index contributed by atoms with van der Waals surface area (Å²) in [4.78, 5) is 14.3. The maximum atomic E-state index is 10.5. The fourth-order valence-corrected chi connectivity index (χ4v) is 1.77. The quantitative estimate of drug-likeness (QED) is 0.776. The lowest BCUT2D eigenvalue weighted by Gasteiger charge is -2.20. The van der Waals surface area contributed by atoms with Gasteiger partial charge in [0.25, 0.3) is 0 Å². The minimum absolute atomic E-state index is 0.0861. The first-order chi connectivity index (χ1) is 8.90. The molecule has 0 spiro atoms. The predicted octanol–water partition coefficient (Wildman–Crippen LogP) is 1.19. The van der Waals surface area contributed by atoms with Crippen molar-refractivity contribution >= 4 is 11.7 Å². The van der Waals surface area contributed by atoms with Gasteiger partial charge in [-0.15, -0.1) is 0 Å². The summed E-state index contributed by atoms with van der Waals surface area (Å²) in [5, 5.41) is 18.7. The highest BCUT2D eigenvalue weighted by Crippen LogP contribution is 2.18. The fourth-order valence-electron chi connectivity index (χ4n) is 1.77. The molecule has 1 aromatic rings. The van der Waals surface area contributed by atoms with E-state index in [9.17, 15) is 9.90 Å². The van der Waals surface area contributed by atoms with E-state index < -0.39 is 12.1 Å². The van der Waals surface area contributed by atoms with Crippen LogP contribution in [0.1, 0.15) is 18.1 Å². The van der Waals surface area contributed by atoms with E-state index in [4.69, 9.17) is 5.11 Å². The summed E-state index contributed by atoms with van der Waals surface area (Å²) < 4.78 is 0. The molecule has 1 unspecified atom stereocenters. The molecule has 1 rings (SSSR count). The lowest BCUT2D eigenvalue weighted by molar-refractivity contribution is -0.137. The number of aliphatic hydroxyl groups is 1. The van der Waals surface area contributed by atoms with Gasteiger partial charge in [-0.25, -0.2) is 0 Å². The van der Waals surface area contributed by atoms with Crippen LogP contribution in [-0.4, -0.2) is 55.3 Å². The molecule has 2 N–H and O–H groups in total. The summed E-state index contributed by atoms with van der Waals surface area (Å²) in [5.41, 5.74) is 1.92. The van der Waals surface area contributed by atoms with Gasteiger partial charge in [-0.3, -0.25) is 4.79 Å². The Morgan fingerprint density at radius 1 is 1.21 bits per heavy atom. The Morgan fingerprint density at radius 2 is 1.79 bits per heavy atom. The minimum atomic E-state index is -0.823. The third kappa shape index (κ3) is 5.28. The number of hydrogen-bond acceptors (Lipinski definition) is 4. The van der Waals surface area contributed by atoms with Crippen LogP contribution in [0.3, 0.4) is 0 Å². The van der Waals surface area contributed by atoms with Gasteiger partial charge in [-0.2, -0.15) is 0 Å². The van der Waals surface area contributed by atoms with Crippen molar-refractivity contribution in [2.24, 2.45) is 0 Å². The van der Waals surface area contributed by atoms with Crippen molar-refractivity contribution in [1.29, 1.82) is 0 Å². The van der Waals surface area contributed by atoms with Gasteiger partial charge < -0.3 is 20.0 Å².